The van der Waals surface area contributed by atoms with Crippen LogP contribution in [0.5, 0.6) is 11.5 Å². The number of rotatable bonds is 5. The summed E-state index contributed by atoms with van der Waals surface area (Å²) < 4.78 is 10.7. The fourth-order valence-electron chi connectivity index (χ4n) is 3.02. The maximum Gasteiger partial charge on any atom is 0.274 e. The number of nitrogens with zero attached hydrogens (tertiary/aromatic N) is 2. The lowest BCUT2D eigenvalue weighted by molar-refractivity contribution is 0.102. The third kappa shape index (κ3) is 4.29. The number of carbonyl (C=O) groups is 1. The molecule has 1 aromatic heterocycles. The van der Waals surface area contributed by atoms with Gasteiger partial charge in [0.25, 0.3) is 5.91 Å². The molecule has 0 saturated carbocycles. The van der Waals surface area contributed by atoms with Crippen molar-refractivity contribution in [2.24, 2.45) is 0 Å². The fraction of sp³-hybridized carbons (Fsp3) is 0.227. The molecular formula is C22H22N4O3. The number of anilines is 3. The molecule has 3 aromatic rings. The number of aromatic nitrogens is 2. The highest BCUT2D eigenvalue weighted by atomic mass is 16.7. The van der Waals surface area contributed by atoms with Crippen molar-refractivity contribution < 1.29 is 14.3 Å². The summed E-state index contributed by atoms with van der Waals surface area (Å²) in [6.07, 6.45) is 0. The van der Waals surface area contributed by atoms with Crippen molar-refractivity contribution in [3.63, 3.8) is 0 Å². The van der Waals surface area contributed by atoms with Crippen LogP contribution >= 0.6 is 0 Å². The monoisotopic (exact) mass is 390 g/mol. The Morgan fingerprint density at radius 2 is 1.69 bits per heavy atom. The van der Waals surface area contributed by atoms with Gasteiger partial charge in [-0.05, 0) is 42.7 Å². The first-order chi connectivity index (χ1) is 14.0. The van der Waals surface area contributed by atoms with Crippen LogP contribution in [0.3, 0.4) is 0 Å². The molecule has 0 radical (unpaired) electrons. The van der Waals surface area contributed by atoms with E-state index in [9.17, 15) is 4.79 Å². The first-order valence-electron chi connectivity index (χ1n) is 9.41. The van der Waals surface area contributed by atoms with E-state index in [0.29, 0.717) is 29.1 Å². The van der Waals surface area contributed by atoms with E-state index in [1.165, 1.54) is 5.56 Å². The number of ether oxygens (including phenoxy) is 2. The molecule has 0 saturated heterocycles. The number of amides is 1. The number of carbonyl (C=O) groups excluding carboxylic acids is 1. The van der Waals surface area contributed by atoms with E-state index >= 15 is 0 Å². The van der Waals surface area contributed by atoms with Crippen molar-refractivity contribution in [1.82, 2.24) is 9.97 Å². The van der Waals surface area contributed by atoms with E-state index in [2.05, 4.69) is 34.4 Å². The van der Waals surface area contributed by atoms with E-state index in [0.717, 1.165) is 11.4 Å². The largest absolute Gasteiger partial charge is 0.454 e. The number of hydrogen-bond donors (Lipinski definition) is 2. The Bertz CT molecular complexity index is 1050. The van der Waals surface area contributed by atoms with Crippen LogP contribution in [0.15, 0.2) is 48.5 Å². The highest BCUT2D eigenvalue weighted by Gasteiger charge is 2.15. The second kappa shape index (κ2) is 7.79. The number of aryl methyl sites for hydroxylation is 1. The standard InChI is InChI=1S/C22H22N4O3/c1-13(2)15-4-6-16(7-5-15)26-22(27)18-11-21(24-14(3)23-18)25-17-8-9-19-20(10-17)29-12-28-19/h4-11,13H,12H2,1-3H3,(H,26,27)(H,23,24,25). The molecular weight excluding hydrogens is 368 g/mol. The lowest BCUT2D eigenvalue weighted by Gasteiger charge is -2.10. The summed E-state index contributed by atoms with van der Waals surface area (Å²) in [5.74, 6) is 2.55. The summed E-state index contributed by atoms with van der Waals surface area (Å²) in [5.41, 5.74) is 3.01. The minimum Gasteiger partial charge on any atom is -0.454 e. The van der Waals surface area contributed by atoms with Gasteiger partial charge in [-0.25, -0.2) is 9.97 Å². The molecule has 7 heteroatoms. The van der Waals surface area contributed by atoms with Gasteiger partial charge >= 0.3 is 0 Å². The molecule has 1 aliphatic heterocycles. The first-order valence-corrected chi connectivity index (χ1v) is 9.41. The molecule has 4 rings (SSSR count). The van der Waals surface area contributed by atoms with Crippen LogP contribution in [0, 0.1) is 6.92 Å². The maximum absolute atomic E-state index is 12.7. The van der Waals surface area contributed by atoms with Crippen LogP contribution in [0.1, 0.15) is 41.6 Å². The lowest BCUT2D eigenvalue weighted by atomic mass is 10.0. The molecule has 29 heavy (non-hydrogen) atoms. The predicted molar refractivity (Wildman–Crippen MR) is 111 cm³/mol. The summed E-state index contributed by atoms with van der Waals surface area (Å²) in [4.78, 5) is 21.3. The molecule has 1 amide bonds. The van der Waals surface area contributed by atoms with Gasteiger partial charge in [0.05, 0.1) is 0 Å². The third-order valence-electron chi connectivity index (χ3n) is 4.55. The molecule has 1 aliphatic rings. The van der Waals surface area contributed by atoms with Crippen molar-refractivity contribution in [2.75, 3.05) is 17.4 Å². The molecule has 0 fully saturated rings. The van der Waals surface area contributed by atoms with Crippen molar-refractivity contribution in [1.29, 1.82) is 0 Å². The second-order valence-corrected chi connectivity index (χ2v) is 7.11. The summed E-state index contributed by atoms with van der Waals surface area (Å²) in [7, 11) is 0. The molecule has 0 unspecified atom stereocenters. The van der Waals surface area contributed by atoms with Gasteiger partial charge in [0.15, 0.2) is 11.5 Å². The van der Waals surface area contributed by atoms with Crippen molar-refractivity contribution in [3.8, 4) is 11.5 Å². The minimum absolute atomic E-state index is 0.216. The van der Waals surface area contributed by atoms with Gasteiger partial charge in [0, 0.05) is 23.5 Å². The number of nitrogens with one attached hydrogen (secondary N) is 2. The van der Waals surface area contributed by atoms with E-state index in [1.807, 2.05) is 42.5 Å². The Hall–Kier alpha value is -3.61. The smallest absolute Gasteiger partial charge is 0.274 e. The molecule has 2 N–H and O–H groups in total. The van der Waals surface area contributed by atoms with Crippen LogP contribution in [0.4, 0.5) is 17.2 Å². The van der Waals surface area contributed by atoms with E-state index < -0.39 is 0 Å². The van der Waals surface area contributed by atoms with Gasteiger partial charge in [0.1, 0.15) is 17.3 Å². The molecule has 2 heterocycles. The molecule has 0 aliphatic carbocycles. The predicted octanol–water partition coefficient (Wildman–Crippen LogP) is 4.63. The summed E-state index contributed by atoms with van der Waals surface area (Å²) >= 11 is 0. The maximum atomic E-state index is 12.7. The van der Waals surface area contributed by atoms with Crippen LogP contribution < -0.4 is 20.1 Å². The zero-order chi connectivity index (χ0) is 20.4. The highest BCUT2D eigenvalue weighted by molar-refractivity contribution is 6.03. The van der Waals surface area contributed by atoms with Crippen molar-refractivity contribution in [2.45, 2.75) is 26.7 Å². The fourth-order valence-corrected chi connectivity index (χ4v) is 3.02. The average molecular weight is 390 g/mol. The number of fused-ring (bicyclic) bond motifs is 1. The zero-order valence-corrected chi connectivity index (χ0v) is 16.5. The second-order valence-electron chi connectivity index (χ2n) is 7.11. The Kier molecular flexibility index (Phi) is 5.03. The molecule has 0 spiro atoms. The molecule has 2 aromatic carbocycles. The summed E-state index contributed by atoms with van der Waals surface area (Å²) in [5, 5.41) is 6.07. The Morgan fingerprint density at radius 1 is 0.966 bits per heavy atom. The van der Waals surface area contributed by atoms with E-state index in [1.54, 1.807) is 13.0 Å². The first kappa shape index (κ1) is 18.7. The van der Waals surface area contributed by atoms with Crippen molar-refractivity contribution in [3.05, 3.63) is 65.6 Å². The SMILES string of the molecule is Cc1nc(Nc2ccc3c(c2)OCO3)cc(C(=O)Nc2ccc(C(C)C)cc2)n1. The van der Waals surface area contributed by atoms with Gasteiger partial charge in [-0.2, -0.15) is 0 Å². The number of hydrogen-bond acceptors (Lipinski definition) is 6. The average Bonchev–Trinajstić information content (AvgIpc) is 3.16. The lowest BCUT2D eigenvalue weighted by Crippen LogP contribution is -2.15. The van der Waals surface area contributed by atoms with Crippen LogP contribution in [0.2, 0.25) is 0 Å². The van der Waals surface area contributed by atoms with Gasteiger partial charge < -0.3 is 20.1 Å². The highest BCUT2D eigenvalue weighted by Crippen LogP contribution is 2.35. The van der Waals surface area contributed by atoms with E-state index in [-0.39, 0.29) is 18.4 Å². The summed E-state index contributed by atoms with van der Waals surface area (Å²) in [6.45, 7) is 6.23. The van der Waals surface area contributed by atoms with Crippen LogP contribution in [-0.2, 0) is 0 Å². The third-order valence-corrected chi connectivity index (χ3v) is 4.55. The van der Waals surface area contributed by atoms with Gasteiger partial charge in [-0.15, -0.1) is 0 Å². The van der Waals surface area contributed by atoms with E-state index in [4.69, 9.17) is 9.47 Å². The van der Waals surface area contributed by atoms with Gasteiger partial charge in [-0.1, -0.05) is 26.0 Å². The van der Waals surface area contributed by atoms with Gasteiger partial charge in [0.2, 0.25) is 6.79 Å². The number of benzene rings is 2. The minimum atomic E-state index is -0.290. The normalized spacial score (nSPS) is 12.1. The topological polar surface area (TPSA) is 85.4 Å². The molecule has 0 bridgehead atoms. The molecule has 148 valence electrons. The Morgan fingerprint density at radius 3 is 2.45 bits per heavy atom. The Balaban J connectivity index is 1.50. The molecule has 7 nitrogen and oxygen atoms in total. The Labute approximate surface area is 169 Å². The zero-order valence-electron chi connectivity index (χ0n) is 16.5. The molecule has 0 atom stereocenters. The summed E-state index contributed by atoms with van der Waals surface area (Å²) in [6, 6.07) is 15.0. The van der Waals surface area contributed by atoms with Crippen molar-refractivity contribution >= 4 is 23.1 Å². The quantitative estimate of drug-likeness (QED) is 0.660. The van der Waals surface area contributed by atoms with Crippen LogP contribution in [0.25, 0.3) is 0 Å². The van der Waals surface area contributed by atoms with Crippen LogP contribution in [-0.4, -0.2) is 22.7 Å². The van der Waals surface area contributed by atoms with Gasteiger partial charge in [-0.3, -0.25) is 4.79 Å².